The zero-order valence-corrected chi connectivity index (χ0v) is 14.9. The molecule has 3 heterocycles. The van der Waals surface area contributed by atoms with Gasteiger partial charge in [-0.2, -0.15) is 5.21 Å². The van der Waals surface area contributed by atoms with Crippen molar-refractivity contribution in [2.75, 3.05) is 13.1 Å². The minimum absolute atomic E-state index is 0.193. The summed E-state index contributed by atoms with van der Waals surface area (Å²) in [6.07, 6.45) is 5.45. The molecule has 1 aliphatic heterocycles. The number of pyridine rings is 1. The van der Waals surface area contributed by atoms with Crippen molar-refractivity contribution in [2.45, 2.75) is 25.5 Å². The Bertz CT molecular complexity index is 848. The van der Waals surface area contributed by atoms with Crippen LogP contribution in [0.2, 0.25) is 5.02 Å². The fourth-order valence-corrected chi connectivity index (χ4v) is 3.39. The Kier molecular flexibility index (Phi) is 5.08. The van der Waals surface area contributed by atoms with E-state index in [2.05, 4.69) is 36.6 Å². The molecule has 1 aromatic carbocycles. The van der Waals surface area contributed by atoms with Crippen molar-refractivity contribution in [3.05, 3.63) is 53.3 Å². The molecule has 0 radical (unpaired) electrons. The summed E-state index contributed by atoms with van der Waals surface area (Å²) in [5.74, 6) is 1.37. The number of likely N-dealkylation sites (tertiary alicyclic amines) is 1. The molecule has 1 N–H and O–H groups in total. The SMILES string of the molecule is Clc1cncc(OC2CCN(Cc3ccccc3-c3nn[nH]n3)CC2)c1. The summed E-state index contributed by atoms with van der Waals surface area (Å²) in [4.78, 5) is 6.49. The predicted octanol–water partition coefficient (Wildman–Crippen LogP) is 2.96. The minimum Gasteiger partial charge on any atom is -0.489 e. The van der Waals surface area contributed by atoms with Gasteiger partial charge in [0, 0.05) is 37.5 Å². The molecule has 2 aromatic heterocycles. The molecular weight excluding hydrogens is 352 g/mol. The van der Waals surface area contributed by atoms with Crippen molar-refractivity contribution in [2.24, 2.45) is 0 Å². The highest BCUT2D eigenvalue weighted by Crippen LogP contribution is 2.24. The maximum Gasteiger partial charge on any atom is 0.204 e. The molecule has 0 saturated carbocycles. The maximum atomic E-state index is 6.01. The Morgan fingerprint density at radius 1 is 1.19 bits per heavy atom. The summed E-state index contributed by atoms with van der Waals surface area (Å²) in [5.41, 5.74) is 2.22. The monoisotopic (exact) mass is 370 g/mol. The fraction of sp³-hybridized carbons (Fsp3) is 0.333. The highest BCUT2D eigenvalue weighted by Gasteiger charge is 2.22. The Balaban J connectivity index is 1.36. The standard InChI is InChI=1S/C18H19ClN6O/c19-14-9-16(11-20-10-14)26-15-5-7-25(8-6-15)12-13-3-1-2-4-17(13)18-21-23-24-22-18/h1-4,9-11,15H,5-8,12H2,(H,21,22,23,24). The Labute approximate surface area is 156 Å². The number of halogens is 1. The lowest BCUT2D eigenvalue weighted by molar-refractivity contribution is 0.0966. The molecule has 26 heavy (non-hydrogen) atoms. The van der Waals surface area contributed by atoms with E-state index >= 15 is 0 Å². The van der Waals surface area contributed by atoms with Gasteiger partial charge >= 0.3 is 0 Å². The van der Waals surface area contributed by atoms with Crippen LogP contribution < -0.4 is 4.74 Å². The number of piperidine rings is 1. The van der Waals surface area contributed by atoms with Gasteiger partial charge in [-0.3, -0.25) is 9.88 Å². The fourth-order valence-electron chi connectivity index (χ4n) is 3.23. The molecule has 0 amide bonds. The van der Waals surface area contributed by atoms with Crippen LogP contribution in [-0.2, 0) is 6.54 Å². The molecule has 0 unspecified atom stereocenters. The third kappa shape index (κ3) is 4.00. The number of nitrogens with one attached hydrogen (secondary N) is 1. The summed E-state index contributed by atoms with van der Waals surface area (Å²) in [7, 11) is 0. The summed E-state index contributed by atoms with van der Waals surface area (Å²) in [6, 6.07) is 9.99. The van der Waals surface area contributed by atoms with Crippen LogP contribution in [0.25, 0.3) is 11.4 Å². The van der Waals surface area contributed by atoms with Gasteiger partial charge in [-0.05, 0) is 23.6 Å². The Morgan fingerprint density at radius 2 is 2.04 bits per heavy atom. The summed E-state index contributed by atoms with van der Waals surface area (Å²) in [5, 5.41) is 15.0. The molecule has 7 nitrogen and oxygen atoms in total. The van der Waals surface area contributed by atoms with E-state index in [1.165, 1.54) is 5.56 Å². The van der Waals surface area contributed by atoms with Gasteiger partial charge in [0.05, 0.1) is 11.2 Å². The van der Waals surface area contributed by atoms with Crippen molar-refractivity contribution in [3.63, 3.8) is 0 Å². The van der Waals surface area contributed by atoms with Gasteiger partial charge in [-0.15, -0.1) is 10.2 Å². The van der Waals surface area contributed by atoms with Crippen LogP contribution in [-0.4, -0.2) is 49.7 Å². The van der Waals surface area contributed by atoms with Crippen LogP contribution in [0.5, 0.6) is 5.75 Å². The summed E-state index contributed by atoms with van der Waals surface area (Å²) >= 11 is 5.97. The largest absolute Gasteiger partial charge is 0.489 e. The molecule has 0 atom stereocenters. The van der Waals surface area contributed by atoms with Crippen LogP contribution in [0, 0.1) is 0 Å². The number of benzene rings is 1. The first-order valence-corrected chi connectivity index (χ1v) is 8.97. The lowest BCUT2D eigenvalue weighted by Gasteiger charge is -2.32. The van der Waals surface area contributed by atoms with Crippen molar-refractivity contribution < 1.29 is 4.74 Å². The normalized spacial score (nSPS) is 15.9. The van der Waals surface area contributed by atoms with Gasteiger partial charge in [-0.1, -0.05) is 35.9 Å². The lowest BCUT2D eigenvalue weighted by atomic mass is 10.0. The first-order chi connectivity index (χ1) is 12.8. The lowest BCUT2D eigenvalue weighted by Crippen LogP contribution is -2.37. The number of aromatic amines is 1. The average molecular weight is 371 g/mol. The Hall–Kier alpha value is -2.51. The van der Waals surface area contributed by atoms with Gasteiger partial charge in [0.1, 0.15) is 11.9 Å². The molecule has 3 aromatic rings. The number of aromatic nitrogens is 5. The smallest absolute Gasteiger partial charge is 0.204 e. The third-order valence-electron chi connectivity index (χ3n) is 4.51. The highest BCUT2D eigenvalue weighted by molar-refractivity contribution is 6.30. The molecule has 0 aliphatic carbocycles. The number of H-pyrrole nitrogens is 1. The van der Waals surface area contributed by atoms with E-state index < -0.39 is 0 Å². The van der Waals surface area contributed by atoms with Crippen LogP contribution in [0.4, 0.5) is 0 Å². The molecular formula is C18H19ClN6O. The van der Waals surface area contributed by atoms with Crippen LogP contribution in [0.1, 0.15) is 18.4 Å². The zero-order valence-electron chi connectivity index (χ0n) is 14.2. The average Bonchev–Trinajstić information content (AvgIpc) is 3.18. The predicted molar refractivity (Wildman–Crippen MR) is 97.8 cm³/mol. The van der Waals surface area contributed by atoms with E-state index in [4.69, 9.17) is 16.3 Å². The van der Waals surface area contributed by atoms with Crippen molar-refractivity contribution in [1.82, 2.24) is 30.5 Å². The van der Waals surface area contributed by atoms with Gasteiger partial charge < -0.3 is 4.74 Å². The summed E-state index contributed by atoms with van der Waals surface area (Å²) < 4.78 is 6.01. The van der Waals surface area contributed by atoms with Gasteiger partial charge in [0.15, 0.2) is 0 Å². The van der Waals surface area contributed by atoms with Crippen molar-refractivity contribution in [1.29, 1.82) is 0 Å². The topological polar surface area (TPSA) is 79.8 Å². The van der Waals surface area contributed by atoms with E-state index in [9.17, 15) is 0 Å². The third-order valence-corrected chi connectivity index (χ3v) is 4.72. The van der Waals surface area contributed by atoms with Crippen molar-refractivity contribution >= 4 is 11.6 Å². The molecule has 0 spiro atoms. The van der Waals surface area contributed by atoms with E-state index in [1.54, 1.807) is 12.4 Å². The van der Waals surface area contributed by atoms with E-state index in [0.717, 1.165) is 43.8 Å². The maximum absolute atomic E-state index is 6.01. The molecule has 8 heteroatoms. The van der Waals surface area contributed by atoms with E-state index in [-0.39, 0.29) is 6.10 Å². The second-order valence-electron chi connectivity index (χ2n) is 6.32. The number of hydrogen-bond donors (Lipinski definition) is 1. The molecule has 134 valence electrons. The van der Waals surface area contributed by atoms with Gasteiger partial charge in [-0.25, -0.2) is 0 Å². The number of tetrazole rings is 1. The minimum atomic E-state index is 0.193. The second-order valence-corrected chi connectivity index (χ2v) is 6.76. The zero-order chi connectivity index (χ0) is 17.8. The van der Waals surface area contributed by atoms with E-state index in [1.807, 2.05) is 24.3 Å². The first-order valence-electron chi connectivity index (χ1n) is 8.59. The molecule has 0 bridgehead atoms. The van der Waals surface area contributed by atoms with Crippen LogP contribution >= 0.6 is 11.6 Å². The number of nitrogens with zero attached hydrogens (tertiary/aromatic N) is 5. The molecule has 1 saturated heterocycles. The molecule has 1 aliphatic rings. The van der Waals surface area contributed by atoms with Gasteiger partial charge in [0.2, 0.25) is 5.82 Å². The second kappa shape index (κ2) is 7.80. The number of rotatable bonds is 5. The highest BCUT2D eigenvalue weighted by atomic mass is 35.5. The first kappa shape index (κ1) is 16.9. The van der Waals surface area contributed by atoms with Gasteiger partial charge in [0.25, 0.3) is 0 Å². The summed E-state index contributed by atoms with van der Waals surface area (Å²) in [6.45, 7) is 2.80. The van der Waals surface area contributed by atoms with Crippen LogP contribution in [0.15, 0.2) is 42.7 Å². The molecule has 1 fully saturated rings. The van der Waals surface area contributed by atoms with E-state index in [0.29, 0.717) is 10.8 Å². The quantitative estimate of drug-likeness (QED) is 0.743. The van der Waals surface area contributed by atoms with Crippen LogP contribution in [0.3, 0.4) is 0 Å². The van der Waals surface area contributed by atoms with Crippen molar-refractivity contribution in [3.8, 4) is 17.1 Å². The Morgan fingerprint density at radius 3 is 2.81 bits per heavy atom. The molecule has 4 rings (SSSR count). The number of ether oxygens (including phenoxy) is 1. The number of hydrogen-bond acceptors (Lipinski definition) is 6.